The van der Waals surface area contributed by atoms with Crippen LogP contribution in [0.25, 0.3) is 0 Å². The molecule has 18 heavy (non-hydrogen) atoms. The van der Waals surface area contributed by atoms with Crippen molar-refractivity contribution in [3.05, 3.63) is 35.9 Å². The Kier molecular flexibility index (Phi) is 3.67. The third-order valence-corrected chi connectivity index (χ3v) is 4.78. The second-order valence-electron chi connectivity index (χ2n) is 5.91. The van der Waals surface area contributed by atoms with Gasteiger partial charge < -0.3 is 10.6 Å². The predicted molar refractivity (Wildman–Crippen MR) is 75.9 cm³/mol. The highest BCUT2D eigenvalue weighted by Gasteiger charge is 2.34. The van der Waals surface area contributed by atoms with E-state index in [-0.39, 0.29) is 0 Å². The topological polar surface area (TPSA) is 24.1 Å². The zero-order valence-corrected chi connectivity index (χ0v) is 11.1. The van der Waals surface area contributed by atoms with Crippen molar-refractivity contribution in [2.75, 3.05) is 19.6 Å². The van der Waals surface area contributed by atoms with E-state index in [0.29, 0.717) is 5.41 Å². The lowest BCUT2D eigenvalue weighted by molar-refractivity contribution is 0.251. The summed E-state index contributed by atoms with van der Waals surface area (Å²) < 4.78 is 0. The lowest BCUT2D eigenvalue weighted by atomic mass is 9.72. The largest absolute Gasteiger partial charge is 0.317 e. The van der Waals surface area contributed by atoms with E-state index in [0.717, 1.165) is 25.7 Å². The summed E-state index contributed by atoms with van der Waals surface area (Å²) >= 11 is 0. The van der Waals surface area contributed by atoms with E-state index < -0.39 is 0 Å². The molecule has 1 heterocycles. The first kappa shape index (κ1) is 12.2. The van der Waals surface area contributed by atoms with Gasteiger partial charge in [-0.25, -0.2) is 0 Å². The van der Waals surface area contributed by atoms with Gasteiger partial charge in [0.15, 0.2) is 0 Å². The second-order valence-corrected chi connectivity index (χ2v) is 5.91. The molecule has 1 aromatic carbocycles. The monoisotopic (exact) mass is 244 g/mol. The lowest BCUT2D eigenvalue weighted by Crippen LogP contribution is -2.49. The molecule has 1 aromatic rings. The van der Waals surface area contributed by atoms with Crippen molar-refractivity contribution in [2.24, 2.45) is 0 Å². The van der Waals surface area contributed by atoms with Crippen molar-refractivity contribution in [1.29, 1.82) is 0 Å². The highest BCUT2D eigenvalue weighted by atomic mass is 15.0. The maximum Gasteiger partial charge on any atom is 0.0102 e. The number of hydrogen-bond donors (Lipinski definition) is 2. The highest BCUT2D eigenvalue weighted by Crippen LogP contribution is 2.33. The fraction of sp³-hybridized carbons (Fsp3) is 0.625. The minimum absolute atomic E-state index is 0.363. The second kappa shape index (κ2) is 5.41. The quantitative estimate of drug-likeness (QED) is 0.850. The molecule has 3 rings (SSSR count). The third-order valence-electron chi connectivity index (χ3n) is 4.78. The molecule has 1 saturated heterocycles. The van der Waals surface area contributed by atoms with Gasteiger partial charge in [-0.05, 0) is 44.3 Å². The first-order valence-electron chi connectivity index (χ1n) is 7.39. The molecule has 0 atom stereocenters. The van der Waals surface area contributed by atoms with Gasteiger partial charge in [0.1, 0.15) is 0 Å². The van der Waals surface area contributed by atoms with Gasteiger partial charge in [-0.2, -0.15) is 0 Å². The summed E-state index contributed by atoms with van der Waals surface area (Å²) in [6.45, 7) is 3.46. The molecule has 1 saturated carbocycles. The van der Waals surface area contributed by atoms with Gasteiger partial charge in [-0.1, -0.05) is 36.8 Å². The van der Waals surface area contributed by atoms with Gasteiger partial charge in [0.05, 0.1) is 0 Å². The van der Waals surface area contributed by atoms with Gasteiger partial charge >= 0.3 is 0 Å². The van der Waals surface area contributed by atoms with Gasteiger partial charge in [-0.3, -0.25) is 0 Å². The number of piperidine rings is 1. The van der Waals surface area contributed by atoms with Crippen molar-refractivity contribution in [3.8, 4) is 0 Å². The molecule has 2 fully saturated rings. The molecule has 0 spiro atoms. The summed E-state index contributed by atoms with van der Waals surface area (Å²) in [6.07, 6.45) is 6.69. The average molecular weight is 244 g/mol. The van der Waals surface area contributed by atoms with Crippen molar-refractivity contribution in [2.45, 2.75) is 43.6 Å². The molecule has 0 bridgehead atoms. The minimum Gasteiger partial charge on any atom is -0.317 e. The van der Waals surface area contributed by atoms with E-state index >= 15 is 0 Å². The Bertz CT molecular complexity index is 364. The first-order chi connectivity index (χ1) is 8.89. The van der Waals surface area contributed by atoms with E-state index in [4.69, 9.17) is 0 Å². The van der Waals surface area contributed by atoms with E-state index in [9.17, 15) is 0 Å². The van der Waals surface area contributed by atoms with E-state index in [1.807, 2.05) is 0 Å². The van der Waals surface area contributed by atoms with Crippen LogP contribution >= 0.6 is 0 Å². The molecule has 2 heteroatoms. The van der Waals surface area contributed by atoms with Crippen LogP contribution in [0.3, 0.4) is 0 Å². The molecule has 2 aliphatic rings. The average Bonchev–Trinajstić information content (AvgIpc) is 2.39. The molecule has 0 unspecified atom stereocenters. The number of nitrogens with one attached hydrogen (secondary N) is 2. The van der Waals surface area contributed by atoms with Gasteiger partial charge in [0.2, 0.25) is 0 Å². The lowest BCUT2D eigenvalue weighted by Gasteiger charge is -2.41. The molecule has 1 aliphatic heterocycles. The molecule has 0 aromatic heterocycles. The normalized spacial score (nSPS) is 23.6. The molecular formula is C16H24N2. The highest BCUT2D eigenvalue weighted by molar-refractivity contribution is 5.27. The van der Waals surface area contributed by atoms with E-state index in [1.165, 1.54) is 37.7 Å². The fourth-order valence-electron chi connectivity index (χ4n) is 3.22. The van der Waals surface area contributed by atoms with Crippen LogP contribution in [-0.2, 0) is 5.41 Å². The van der Waals surface area contributed by atoms with Crippen LogP contribution < -0.4 is 10.6 Å². The van der Waals surface area contributed by atoms with Crippen LogP contribution in [0.2, 0.25) is 0 Å². The van der Waals surface area contributed by atoms with Crippen molar-refractivity contribution >= 4 is 0 Å². The summed E-state index contributed by atoms with van der Waals surface area (Å²) in [7, 11) is 0. The standard InChI is InChI=1S/C16H24N2/c1-2-5-14(6-3-1)16(9-11-17-12-10-16)13-18-15-7-4-8-15/h1-3,5-6,15,17-18H,4,7-13H2. The Labute approximate surface area is 110 Å². The number of hydrogen-bond acceptors (Lipinski definition) is 2. The summed E-state index contributed by atoms with van der Waals surface area (Å²) in [4.78, 5) is 0. The number of rotatable bonds is 4. The van der Waals surface area contributed by atoms with E-state index in [1.54, 1.807) is 0 Å². The van der Waals surface area contributed by atoms with Crippen LogP contribution in [0.5, 0.6) is 0 Å². The van der Waals surface area contributed by atoms with Crippen LogP contribution in [0.1, 0.15) is 37.7 Å². The van der Waals surface area contributed by atoms with Crippen LogP contribution in [0.15, 0.2) is 30.3 Å². The van der Waals surface area contributed by atoms with Gasteiger partial charge in [0, 0.05) is 18.0 Å². The fourth-order valence-corrected chi connectivity index (χ4v) is 3.22. The first-order valence-corrected chi connectivity index (χ1v) is 7.39. The zero-order chi connectivity index (χ0) is 12.3. The summed E-state index contributed by atoms with van der Waals surface area (Å²) in [5, 5.41) is 7.30. The smallest absolute Gasteiger partial charge is 0.0102 e. The Morgan fingerprint density at radius 3 is 2.44 bits per heavy atom. The van der Waals surface area contributed by atoms with Gasteiger partial charge in [0.25, 0.3) is 0 Å². The Balaban J connectivity index is 1.74. The van der Waals surface area contributed by atoms with Crippen molar-refractivity contribution in [3.63, 3.8) is 0 Å². The summed E-state index contributed by atoms with van der Waals surface area (Å²) in [5.41, 5.74) is 1.89. The van der Waals surface area contributed by atoms with Gasteiger partial charge in [-0.15, -0.1) is 0 Å². The molecular weight excluding hydrogens is 220 g/mol. The summed E-state index contributed by atoms with van der Waals surface area (Å²) in [6, 6.07) is 11.9. The van der Waals surface area contributed by atoms with E-state index in [2.05, 4.69) is 41.0 Å². The maximum atomic E-state index is 3.80. The zero-order valence-electron chi connectivity index (χ0n) is 11.1. The Morgan fingerprint density at radius 1 is 1.11 bits per heavy atom. The minimum atomic E-state index is 0.363. The van der Waals surface area contributed by atoms with Crippen molar-refractivity contribution < 1.29 is 0 Å². The third kappa shape index (κ3) is 2.45. The van der Waals surface area contributed by atoms with Crippen LogP contribution in [0.4, 0.5) is 0 Å². The Hall–Kier alpha value is -0.860. The van der Waals surface area contributed by atoms with Crippen LogP contribution in [-0.4, -0.2) is 25.7 Å². The number of benzene rings is 1. The molecule has 2 nitrogen and oxygen atoms in total. The predicted octanol–water partition coefficient (Wildman–Crippen LogP) is 2.45. The van der Waals surface area contributed by atoms with Crippen molar-refractivity contribution in [1.82, 2.24) is 10.6 Å². The molecule has 2 N–H and O–H groups in total. The summed E-state index contributed by atoms with van der Waals surface area (Å²) in [5.74, 6) is 0. The molecule has 1 aliphatic carbocycles. The Morgan fingerprint density at radius 2 is 1.83 bits per heavy atom. The maximum absolute atomic E-state index is 3.80. The SMILES string of the molecule is c1ccc(C2(CNC3CCC3)CCNCC2)cc1. The molecule has 98 valence electrons. The molecule has 0 amide bonds. The molecule has 0 radical (unpaired) electrons. The van der Waals surface area contributed by atoms with Crippen LogP contribution in [0, 0.1) is 0 Å².